The topological polar surface area (TPSA) is 74.4 Å². The van der Waals surface area contributed by atoms with Crippen molar-refractivity contribution in [3.05, 3.63) is 33.7 Å². The second-order valence-electron chi connectivity index (χ2n) is 8.39. The number of piperidine rings is 1. The summed E-state index contributed by atoms with van der Waals surface area (Å²) < 4.78 is 5.46. The first-order valence-corrected chi connectivity index (χ1v) is 10.3. The molecule has 0 saturated carbocycles. The molecule has 3 heterocycles. The molecule has 2 saturated heterocycles. The number of aromatic nitrogens is 1. The maximum Gasteiger partial charge on any atom is 0.251 e. The van der Waals surface area contributed by atoms with Gasteiger partial charge < -0.3 is 19.9 Å². The standard InChI is InChI=1S/C21H33N3O3/c1-15(2)11-18-12-17(13-20(25)23-18)21(26)22-14-16-3-7-24(8-4-16)19-5-9-27-10-6-19/h12-13,15-16,19H,3-11,14H2,1-2H3,(H,22,26)(H,23,25). The van der Waals surface area contributed by atoms with Crippen LogP contribution in [0.1, 0.15) is 55.6 Å². The van der Waals surface area contributed by atoms with Crippen LogP contribution in [-0.4, -0.2) is 54.7 Å². The number of carbonyl (C=O) groups is 1. The van der Waals surface area contributed by atoms with Crippen LogP contribution < -0.4 is 10.9 Å². The van der Waals surface area contributed by atoms with E-state index in [1.165, 1.54) is 6.07 Å². The molecule has 0 aromatic carbocycles. The predicted octanol–water partition coefficient (Wildman–Crippen LogP) is 2.19. The second kappa shape index (κ2) is 9.51. The van der Waals surface area contributed by atoms with Gasteiger partial charge in [0.25, 0.3) is 5.91 Å². The SMILES string of the molecule is CC(C)Cc1cc(C(=O)NCC2CCN(C3CCOCC3)CC2)cc(=O)[nH]1. The maximum atomic E-state index is 12.5. The van der Waals surface area contributed by atoms with Crippen molar-refractivity contribution in [2.75, 3.05) is 32.8 Å². The van der Waals surface area contributed by atoms with Crippen molar-refractivity contribution in [2.45, 2.75) is 52.0 Å². The van der Waals surface area contributed by atoms with E-state index >= 15 is 0 Å². The summed E-state index contributed by atoms with van der Waals surface area (Å²) >= 11 is 0. The summed E-state index contributed by atoms with van der Waals surface area (Å²) in [4.78, 5) is 29.8. The second-order valence-corrected chi connectivity index (χ2v) is 8.39. The van der Waals surface area contributed by atoms with E-state index in [9.17, 15) is 9.59 Å². The number of nitrogens with zero attached hydrogens (tertiary/aromatic N) is 1. The number of rotatable bonds is 6. The molecule has 2 aliphatic rings. The quantitative estimate of drug-likeness (QED) is 0.799. The van der Waals surface area contributed by atoms with Gasteiger partial charge in [0.15, 0.2) is 0 Å². The molecule has 0 bridgehead atoms. The van der Waals surface area contributed by atoms with Gasteiger partial charge in [0.1, 0.15) is 0 Å². The molecule has 0 unspecified atom stereocenters. The number of carbonyl (C=O) groups excluding carboxylic acids is 1. The van der Waals surface area contributed by atoms with Gasteiger partial charge >= 0.3 is 0 Å². The summed E-state index contributed by atoms with van der Waals surface area (Å²) in [5.74, 6) is 0.806. The van der Waals surface area contributed by atoms with Crippen molar-refractivity contribution >= 4 is 5.91 Å². The Labute approximate surface area is 161 Å². The van der Waals surface area contributed by atoms with Crippen LogP contribution in [0.4, 0.5) is 0 Å². The van der Waals surface area contributed by atoms with Crippen molar-refractivity contribution in [3.8, 4) is 0 Å². The normalized spacial score (nSPS) is 20.1. The number of hydrogen-bond acceptors (Lipinski definition) is 4. The Kier molecular flexibility index (Phi) is 7.07. The predicted molar refractivity (Wildman–Crippen MR) is 106 cm³/mol. The minimum atomic E-state index is -0.205. The number of likely N-dealkylation sites (tertiary alicyclic amines) is 1. The molecule has 1 aromatic rings. The first-order valence-electron chi connectivity index (χ1n) is 10.3. The van der Waals surface area contributed by atoms with E-state index in [0.717, 1.165) is 64.1 Å². The van der Waals surface area contributed by atoms with Crippen LogP contribution in [0.15, 0.2) is 16.9 Å². The van der Waals surface area contributed by atoms with E-state index in [2.05, 4.69) is 29.0 Å². The Hall–Kier alpha value is -1.66. The summed E-state index contributed by atoms with van der Waals surface area (Å²) in [6.45, 7) is 8.86. The van der Waals surface area contributed by atoms with Crippen LogP contribution >= 0.6 is 0 Å². The van der Waals surface area contributed by atoms with E-state index in [1.807, 2.05) is 6.07 Å². The van der Waals surface area contributed by atoms with Crippen LogP contribution in [0, 0.1) is 11.8 Å². The fraction of sp³-hybridized carbons (Fsp3) is 0.714. The molecule has 2 aliphatic heterocycles. The highest BCUT2D eigenvalue weighted by Crippen LogP contribution is 2.22. The number of H-pyrrole nitrogens is 1. The third-order valence-electron chi connectivity index (χ3n) is 5.70. The average Bonchev–Trinajstić information content (AvgIpc) is 2.66. The molecule has 27 heavy (non-hydrogen) atoms. The number of pyridine rings is 1. The van der Waals surface area contributed by atoms with Crippen molar-refractivity contribution in [1.82, 2.24) is 15.2 Å². The lowest BCUT2D eigenvalue weighted by atomic mass is 9.94. The molecular weight excluding hydrogens is 342 g/mol. The van der Waals surface area contributed by atoms with Gasteiger partial charge in [-0.2, -0.15) is 0 Å². The third kappa shape index (κ3) is 5.91. The first-order chi connectivity index (χ1) is 13.0. The highest BCUT2D eigenvalue weighted by Gasteiger charge is 2.26. The fourth-order valence-corrected chi connectivity index (χ4v) is 4.19. The zero-order valence-corrected chi connectivity index (χ0v) is 16.6. The molecule has 1 aromatic heterocycles. The van der Waals surface area contributed by atoms with Crippen molar-refractivity contribution in [3.63, 3.8) is 0 Å². The van der Waals surface area contributed by atoms with Gasteiger partial charge in [-0.25, -0.2) is 0 Å². The zero-order valence-electron chi connectivity index (χ0n) is 16.6. The largest absolute Gasteiger partial charge is 0.381 e. The Bertz CT molecular complexity index is 671. The maximum absolute atomic E-state index is 12.5. The van der Waals surface area contributed by atoms with Gasteiger partial charge in [-0.1, -0.05) is 13.8 Å². The Morgan fingerprint density at radius 1 is 1.22 bits per heavy atom. The van der Waals surface area contributed by atoms with Gasteiger partial charge in [-0.05, 0) is 63.1 Å². The molecule has 6 heteroatoms. The van der Waals surface area contributed by atoms with Gasteiger partial charge in [0.05, 0.1) is 0 Å². The fourth-order valence-electron chi connectivity index (χ4n) is 4.19. The van der Waals surface area contributed by atoms with E-state index in [1.54, 1.807) is 0 Å². The van der Waals surface area contributed by atoms with E-state index in [4.69, 9.17) is 4.74 Å². The monoisotopic (exact) mass is 375 g/mol. The number of amides is 1. The lowest BCUT2D eigenvalue weighted by Crippen LogP contribution is -2.45. The molecular formula is C21H33N3O3. The molecule has 1 amide bonds. The van der Waals surface area contributed by atoms with E-state index in [-0.39, 0.29) is 11.5 Å². The number of ether oxygens (including phenoxy) is 1. The first kappa shape index (κ1) is 20.1. The average molecular weight is 376 g/mol. The molecule has 0 spiro atoms. The molecule has 2 fully saturated rings. The van der Waals surface area contributed by atoms with Crippen LogP contribution in [0.25, 0.3) is 0 Å². The smallest absolute Gasteiger partial charge is 0.251 e. The van der Waals surface area contributed by atoms with Crippen molar-refractivity contribution in [1.29, 1.82) is 0 Å². The third-order valence-corrected chi connectivity index (χ3v) is 5.70. The minimum Gasteiger partial charge on any atom is -0.381 e. The molecule has 2 N–H and O–H groups in total. The molecule has 0 aliphatic carbocycles. The lowest BCUT2D eigenvalue weighted by molar-refractivity contribution is 0.0211. The van der Waals surface area contributed by atoms with E-state index < -0.39 is 0 Å². The molecule has 0 radical (unpaired) electrons. The summed E-state index contributed by atoms with van der Waals surface area (Å²) in [6, 6.07) is 3.88. The number of nitrogens with one attached hydrogen (secondary N) is 2. The zero-order chi connectivity index (χ0) is 19.2. The van der Waals surface area contributed by atoms with Gasteiger partial charge in [-0.3, -0.25) is 9.59 Å². The van der Waals surface area contributed by atoms with Gasteiger partial charge in [0.2, 0.25) is 5.56 Å². The molecule has 3 rings (SSSR count). The Balaban J connectivity index is 1.47. The highest BCUT2D eigenvalue weighted by atomic mass is 16.5. The summed E-state index contributed by atoms with van der Waals surface area (Å²) in [5, 5.41) is 3.04. The summed E-state index contributed by atoms with van der Waals surface area (Å²) in [7, 11) is 0. The number of hydrogen-bond donors (Lipinski definition) is 2. The van der Waals surface area contributed by atoms with Crippen LogP contribution in [0.5, 0.6) is 0 Å². The highest BCUT2D eigenvalue weighted by molar-refractivity contribution is 5.94. The van der Waals surface area contributed by atoms with Crippen LogP contribution in [0.2, 0.25) is 0 Å². The van der Waals surface area contributed by atoms with Crippen molar-refractivity contribution in [2.24, 2.45) is 11.8 Å². The van der Waals surface area contributed by atoms with Gasteiger partial charge in [0, 0.05) is 43.1 Å². The minimum absolute atomic E-state index is 0.141. The van der Waals surface area contributed by atoms with E-state index in [0.29, 0.717) is 30.0 Å². The lowest BCUT2D eigenvalue weighted by Gasteiger charge is -2.39. The molecule has 0 atom stereocenters. The van der Waals surface area contributed by atoms with Crippen molar-refractivity contribution < 1.29 is 9.53 Å². The molecule has 150 valence electrons. The summed E-state index contributed by atoms with van der Waals surface area (Å²) in [6.07, 6.45) is 5.28. The summed E-state index contributed by atoms with van der Waals surface area (Å²) in [5.41, 5.74) is 1.09. The van der Waals surface area contributed by atoms with Crippen LogP contribution in [-0.2, 0) is 11.2 Å². The van der Waals surface area contributed by atoms with Crippen LogP contribution in [0.3, 0.4) is 0 Å². The van der Waals surface area contributed by atoms with Gasteiger partial charge in [-0.15, -0.1) is 0 Å². The Morgan fingerprint density at radius 3 is 2.59 bits per heavy atom. The molecule has 6 nitrogen and oxygen atoms in total. The number of aromatic amines is 1. The Morgan fingerprint density at radius 2 is 1.93 bits per heavy atom.